The fourth-order valence-electron chi connectivity index (χ4n) is 1.25. The number of nitrogens with one attached hydrogen (secondary N) is 1. The minimum atomic E-state index is -1.38. The van der Waals surface area contributed by atoms with Gasteiger partial charge in [-0.05, 0) is 11.4 Å². The molecule has 6 nitrogen and oxygen atoms in total. The van der Waals surface area contributed by atoms with Crippen LogP contribution in [0.25, 0.3) is 0 Å². The molecule has 1 amide bonds. The first kappa shape index (κ1) is 15.5. The monoisotopic (exact) mass is 303 g/mol. The first-order valence-electron chi connectivity index (χ1n) is 5.33. The predicted octanol–water partition coefficient (Wildman–Crippen LogP) is 1.03. The van der Waals surface area contributed by atoms with Gasteiger partial charge in [0, 0.05) is 10.6 Å². The Morgan fingerprint density at radius 3 is 2.63 bits per heavy atom. The number of thiophene rings is 1. The molecule has 0 spiro atoms. The van der Waals surface area contributed by atoms with Crippen LogP contribution in [0.3, 0.4) is 0 Å². The molecule has 0 fully saturated rings. The van der Waals surface area contributed by atoms with Crippen LogP contribution in [0.15, 0.2) is 17.5 Å². The smallest absolute Gasteiger partial charge is 0.326 e. The van der Waals surface area contributed by atoms with E-state index >= 15 is 0 Å². The highest BCUT2D eigenvalue weighted by atomic mass is 32.2. The van der Waals surface area contributed by atoms with Gasteiger partial charge in [-0.25, -0.2) is 4.79 Å². The second-order valence-electron chi connectivity index (χ2n) is 3.63. The maximum absolute atomic E-state index is 11.5. The van der Waals surface area contributed by atoms with E-state index in [0.717, 1.165) is 4.88 Å². The van der Waals surface area contributed by atoms with Crippen molar-refractivity contribution < 1.29 is 24.6 Å². The Balaban J connectivity index is 2.32. The van der Waals surface area contributed by atoms with Gasteiger partial charge in [0.05, 0.1) is 12.2 Å². The van der Waals surface area contributed by atoms with Crippen molar-refractivity contribution in [3.05, 3.63) is 22.4 Å². The van der Waals surface area contributed by atoms with Gasteiger partial charge < -0.3 is 15.5 Å². The maximum Gasteiger partial charge on any atom is 0.326 e. The van der Waals surface area contributed by atoms with Crippen LogP contribution in [0.2, 0.25) is 0 Å². The van der Waals surface area contributed by atoms with Gasteiger partial charge in [0.2, 0.25) is 5.91 Å². The number of carboxylic acids is 2. The zero-order chi connectivity index (χ0) is 14.3. The summed E-state index contributed by atoms with van der Waals surface area (Å²) in [4.78, 5) is 33.8. The Kier molecular flexibility index (Phi) is 6.37. The average Bonchev–Trinajstić information content (AvgIpc) is 2.80. The summed E-state index contributed by atoms with van der Waals surface area (Å²) in [5.41, 5.74) is 0. The molecule has 1 heterocycles. The minimum Gasteiger partial charge on any atom is -0.481 e. The van der Waals surface area contributed by atoms with E-state index in [1.165, 1.54) is 11.8 Å². The molecule has 104 valence electrons. The maximum atomic E-state index is 11.5. The SMILES string of the molecule is O=C(O)C[C@H](NC(=O)CSCc1cccs1)C(=O)O. The second kappa shape index (κ2) is 7.80. The summed E-state index contributed by atoms with van der Waals surface area (Å²) in [6.07, 6.45) is -0.628. The lowest BCUT2D eigenvalue weighted by molar-refractivity contribution is -0.147. The van der Waals surface area contributed by atoms with E-state index in [1.807, 2.05) is 17.5 Å². The number of carbonyl (C=O) groups excluding carboxylic acids is 1. The van der Waals surface area contributed by atoms with Crippen molar-refractivity contribution in [3.63, 3.8) is 0 Å². The molecule has 0 unspecified atom stereocenters. The van der Waals surface area contributed by atoms with Crippen LogP contribution in [-0.2, 0) is 20.1 Å². The Labute approximate surface area is 117 Å². The molecule has 0 saturated heterocycles. The number of aliphatic carboxylic acids is 2. The molecule has 0 radical (unpaired) electrons. The van der Waals surface area contributed by atoms with Gasteiger partial charge in [0.1, 0.15) is 6.04 Å². The van der Waals surface area contributed by atoms with E-state index in [4.69, 9.17) is 10.2 Å². The van der Waals surface area contributed by atoms with E-state index < -0.39 is 30.3 Å². The van der Waals surface area contributed by atoms with E-state index in [1.54, 1.807) is 11.3 Å². The van der Waals surface area contributed by atoms with Crippen molar-refractivity contribution in [2.24, 2.45) is 0 Å². The molecule has 0 aliphatic rings. The summed E-state index contributed by atoms with van der Waals surface area (Å²) in [5.74, 6) is -2.32. The summed E-state index contributed by atoms with van der Waals surface area (Å²) in [7, 11) is 0. The van der Waals surface area contributed by atoms with E-state index in [0.29, 0.717) is 5.75 Å². The highest BCUT2D eigenvalue weighted by molar-refractivity contribution is 7.99. The molecule has 1 aromatic rings. The van der Waals surface area contributed by atoms with Gasteiger partial charge in [0.25, 0.3) is 0 Å². The summed E-state index contributed by atoms with van der Waals surface area (Å²) in [6, 6.07) is 2.47. The van der Waals surface area contributed by atoms with Gasteiger partial charge in [0.15, 0.2) is 0 Å². The van der Waals surface area contributed by atoms with Crippen LogP contribution in [0.4, 0.5) is 0 Å². The van der Waals surface area contributed by atoms with Crippen LogP contribution < -0.4 is 5.32 Å². The third-order valence-electron chi connectivity index (χ3n) is 2.07. The quantitative estimate of drug-likeness (QED) is 0.662. The highest BCUT2D eigenvalue weighted by Gasteiger charge is 2.22. The third-order valence-corrected chi connectivity index (χ3v) is 4.11. The Bertz CT molecular complexity index is 446. The van der Waals surface area contributed by atoms with Crippen molar-refractivity contribution >= 4 is 40.9 Å². The lowest BCUT2D eigenvalue weighted by Gasteiger charge is -2.11. The number of rotatable bonds is 8. The van der Waals surface area contributed by atoms with Crippen molar-refractivity contribution in [1.82, 2.24) is 5.32 Å². The third kappa shape index (κ3) is 6.25. The zero-order valence-corrected chi connectivity index (χ0v) is 11.5. The number of hydrogen-bond acceptors (Lipinski definition) is 5. The van der Waals surface area contributed by atoms with Crippen molar-refractivity contribution in [1.29, 1.82) is 0 Å². The fourth-order valence-corrected chi connectivity index (χ4v) is 2.93. The number of thioether (sulfide) groups is 1. The van der Waals surface area contributed by atoms with Crippen LogP contribution in [0.1, 0.15) is 11.3 Å². The molecule has 19 heavy (non-hydrogen) atoms. The Hall–Kier alpha value is -1.54. The molecule has 0 bridgehead atoms. The number of hydrogen-bond donors (Lipinski definition) is 3. The van der Waals surface area contributed by atoms with E-state index in [2.05, 4.69) is 5.32 Å². The molecular weight excluding hydrogens is 290 g/mol. The van der Waals surface area contributed by atoms with Crippen LogP contribution in [0.5, 0.6) is 0 Å². The van der Waals surface area contributed by atoms with Gasteiger partial charge in [-0.1, -0.05) is 6.07 Å². The average molecular weight is 303 g/mol. The molecule has 3 N–H and O–H groups in total. The molecule has 0 aliphatic heterocycles. The molecule has 0 aromatic carbocycles. The van der Waals surface area contributed by atoms with Gasteiger partial charge in [-0.15, -0.1) is 23.1 Å². The predicted molar refractivity (Wildman–Crippen MR) is 72.3 cm³/mol. The van der Waals surface area contributed by atoms with Crippen molar-refractivity contribution in [3.8, 4) is 0 Å². The first-order chi connectivity index (χ1) is 8.99. The largest absolute Gasteiger partial charge is 0.481 e. The lowest BCUT2D eigenvalue weighted by atomic mass is 10.2. The fraction of sp³-hybridized carbons (Fsp3) is 0.364. The van der Waals surface area contributed by atoms with Gasteiger partial charge in [-0.3, -0.25) is 9.59 Å². The van der Waals surface area contributed by atoms with Gasteiger partial charge in [-0.2, -0.15) is 0 Å². The van der Waals surface area contributed by atoms with Crippen LogP contribution in [-0.4, -0.2) is 39.9 Å². The molecule has 1 atom stereocenters. The van der Waals surface area contributed by atoms with Crippen LogP contribution in [0, 0.1) is 0 Å². The summed E-state index contributed by atoms with van der Waals surface area (Å²) >= 11 is 2.93. The minimum absolute atomic E-state index is 0.0985. The highest BCUT2D eigenvalue weighted by Crippen LogP contribution is 2.16. The number of carboxylic acid groups (broad SMARTS) is 2. The topological polar surface area (TPSA) is 104 Å². The summed E-state index contributed by atoms with van der Waals surface area (Å²) in [5, 5.41) is 21.4. The standard InChI is InChI=1S/C11H13NO5S2/c13-9(6-18-5-7-2-1-3-19-7)12-8(11(16)17)4-10(14)15/h1-3,8H,4-6H2,(H,12,13)(H,14,15)(H,16,17)/t8-/m0/s1. The normalized spacial score (nSPS) is 11.8. The Morgan fingerprint density at radius 1 is 1.37 bits per heavy atom. The van der Waals surface area contributed by atoms with E-state index in [9.17, 15) is 14.4 Å². The first-order valence-corrected chi connectivity index (χ1v) is 7.36. The second-order valence-corrected chi connectivity index (χ2v) is 5.65. The molecule has 1 aromatic heterocycles. The van der Waals surface area contributed by atoms with Gasteiger partial charge >= 0.3 is 11.9 Å². The van der Waals surface area contributed by atoms with Crippen molar-refractivity contribution in [2.45, 2.75) is 18.2 Å². The number of amides is 1. The molecule has 0 saturated carbocycles. The molecule has 0 aliphatic carbocycles. The van der Waals surface area contributed by atoms with Crippen LogP contribution >= 0.6 is 23.1 Å². The van der Waals surface area contributed by atoms with E-state index in [-0.39, 0.29) is 5.75 Å². The molecular formula is C11H13NO5S2. The number of carbonyl (C=O) groups is 3. The van der Waals surface area contributed by atoms with Crippen molar-refractivity contribution in [2.75, 3.05) is 5.75 Å². The molecule has 1 rings (SSSR count). The molecule has 8 heteroatoms. The Morgan fingerprint density at radius 2 is 2.11 bits per heavy atom. The zero-order valence-electron chi connectivity index (χ0n) is 9.87. The summed E-state index contributed by atoms with van der Waals surface area (Å²) in [6.45, 7) is 0. The lowest BCUT2D eigenvalue weighted by Crippen LogP contribution is -2.43. The summed E-state index contributed by atoms with van der Waals surface area (Å²) < 4.78 is 0.